The van der Waals surface area contributed by atoms with E-state index in [1.807, 2.05) is 0 Å². The lowest BCUT2D eigenvalue weighted by Gasteiger charge is -2.17. The summed E-state index contributed by atoms with van der Waals surface area (Å²) in [5.41, 5.74) is 0.290. The zero-order valence-electron chi connectivity index (χ0n) is 15.3. The number of ether oxygens (including phenoxy) is 2. The van der Waals surface area contributed by atoms with Gasteiger partial charge in [0.15, 0.2) is 17.3 Å². The van der Waals surface area contributed by atoms with Crippen molar-refractivity contribution in [1.82, 2.24) is 10.1 Å². The van der Waals surface area contributed by atoms with Crippen LogP contribution in [-0.2, 0) is 11.0 Å². The van der Waals surface area contributed by atoms with Crippen LogP contribution in [0.15, 0.2) is 47.0 Å². The zero-order chi connectivity index (χ0) is 20.9. The minimum absolute atomic E-state index is 0.140. The highest BCUT2D eigenvalue weighted by molar-refractivity contribution is 5.96. The standard InChI is InChI=1S/C20H14F3N3O4/c21-20(22,23)13-2-4-14(5-3-13)26-9-12(8-17(26)27)18-24-19(30-25-18)11-1-6-15-16(7-11)29-10-28-15/h1-7,12H,8-10H2. The van der Waals surface area contributed by atoms with Crippen LogP contribution in [0.3, 0.4) is 0 Å². The quantitative estimate of drug-likeness (QED) is 0.641. The Bertz CT molecular complexity index is 1110. The van der Waals surface area contributed by atoms with Crippen molar-refractivity contribution in [2.24, 2.45) is 0 Å². The summed E-state index contributed by atoms with van der Waals surface area (Å²) in [6, 6.07) is 9.73. The topological polar surface area (TPSA) is 77.7 Å². The molecule has 1 aromatic heterocycles. The molecule has 3 aromatic rings. The van der Waals surface area contributed by atoms with Crippen molar-refractivity contribution in [3.8, 4) is 23.0 Å². The smallest absolute Gasteiger partial charge is 0.416 e. The molecule has 0 N–H and O–H groups in total. The molecule has 1 atom stereocenters. The summed E-state index contributed by atoms with van der Waals surface area (Å²) in [5.74, 6) is 1.32. The second-order valence-electron chi connectivity index (χ2n) is 6.98. The molecule has 1 unspecified atom stereocenters. The third-order valence-electron chi connectivity index (χ3n) is 5.06. The Morgan fingerprint density at radius 1 is 1.03 bits per heavy atom. The Hall–Kier alpha value is -3.56. The van der Waals surface area contributed by atoms with E-state index in [2.05, 4.69) is 10.1 Å². The van der Waals surface area contributed by atoms with E-state index in [9.17, 15) is 18.0 Å². The monoisotopic (exact) mass is 417 g/mol. The van der Waals surface area contributed by atoms with Crippen molar-refractivity contribution >= 4 is 11.6 Å². The molecule has 7 nitrogen and oxygen atoms in total. The van der Waals surface area contributed by atoms with Crippen LogP contribution in [0.5, 0.6) is 11.5 Å². The van der Waals surface area contributed by atoms with Crippen molar-refractivity contribution in [2.75, 3.05) is 18.2 Å². The number of fused-ring (bicyclic) bond motifs is 1. The van der Waals surface area contributed by atoms with Gasteiger partial charge >= 0.3 is 6.18 Å². The number of rotatable bonds is 3. The van der Waals surface area contributed by atoms with Crippen LogP contribution in [-0.4, -0.2) is 29.4 Å². The molecule has 1 amide bonds. The molecule has 0 saturated carbocycles. The minimum atomic E-state index is -4.42. The molecule has 30 heavy (non-hydrogen) atoms. The Labute approximate surface area is 168 Å². The van der Waals surface area contributed by atoms with Gasteiger partial charge in [0.2, 0.25) is 12.7 Å². The van der Waals surface area contributed by atoms with Crippen LogP contribution in [0.2, 0.25) is 0 Å². The molecule has 1 fully saturated rings. The van der Waals surface area contributed by atoms with Gasteiger partial charge in [-0.05, 0) is 42.5 Å². The van der Waals surface area contributed by atoms with E-state index < -0.39 is 11.7 Å². The van der Waals surface area contributed by atoms with E-state index in [0.29, 0.717) is 28.6 Å². The first kappa shape index (κ1) is 18.5. The van der Waals surface area contributed by atoms with Gasteiger partial charge in [0.1, 0.15) is 0 Å². The number of aromatic nitrogens is 2. The molecule has 0 aliphatic carbocycles. The normalized spacial score (nSPS) is 18.3. The lowest BCUT2D eigenvalue weighted by molar-refractivity contribution is -0.137. The number of hydrogen-bond donors (Lipinski definition) is 0. The van der Waals surface area contributed by atoms with Crippen molar-refractivity contribution < 1.29 is 32.0 Å². The third-order valence-corrected chi connectivity index (χ3v) is 5.06. The molecule has 0 radical (unpaired) electrons. The molecular formula is C20H14F3N3O4. The molecule has 154 valence electrons. The molecule has 5 rings (SSSR count). The van der Waals surface area contributed by atoms with Gasteiger partial charge in [0.05, 0.1) is 5.56 Å². The van der Waals surface area contributed by atoms with E-state index in [0.717, 1.165) is 12.1 Å². The Morgan fingerprint density at radius 3 is 2.57 bits per heavy atom. The van der Waals surface area contributed by atoms with Crippen LogP contribution in [0, 0.1) is 0 Å². The fraction of sp³-hybridized carbons (Fsp3) is 0.250. The van der Waals surface area contributed by atoms with Gasteiger partial charge < -0.3 is 18.9 Å². The van der Waals surface area contributed by atoms with Gasteiger partial charge in [-0.25, -0.2) is 0 Å². The number of carbonyl (C=O) groups is 1. The van der Waals surface area contributed by atoms with E-state index in [-0.39, 0.29) is 37.5 Å². The number of hydrogen-bond acceptors (Lipinski definition) is 6. The fourth-order valence-electron chi connectivity index (χ4n) is 3.51. The highest BCUT2D eigenvalue weighted by Crippen LogP contribution is 2.37. The summed E-state index contributed by atoms with van der Waals surface area (Å²) >= 11 is 0. The first-order chi connectivity index (χ1) is 14.4. The van der Waals surface area contributed by atoms with Crippen LogP contribution in [0.4, 0.5) is 18.9 Å². The SMILES string of the molecule is O=C1CC(c2noc(-c3ccc4c(c3)OCO4)n2)CN1c1ccc(C(F)(F)F)cc1. The summed E-state index contributed by atoms with van der Waals surface area (Å²) in [6.07, 6.45) is -4.28. The minimum Gasteiger partial charge on any atom is -0.454 e. The van der Waals surface area contributed by atoms with Gasteiger partial charge in [-0.15, -0.1) is 0 Å². The maximum atomic E-state index is 12.8. The molecule has 0 spiro atoms. The summed E-state index contributed by atoms with van der Waals surface area (Å²) in [4.78, 5) is 18.3. The molecule has 2 aromatic carbocycles. The fourth-order valence-corrected chi connectivity index (χ4v) is 3.51. The van der Waals surface area contributed by atoms with Gasteiger partial charge in [-0.2, -0.15) is 18.2 Å². The maximum absolute atomic E-state index is 12.8. The number of alkyl halides is 3. The van der Waals surface area contributed by atoms with Crippen LogP contribution in [0.1, 0.15) is 23.7 Å². The largest absolute Gasteiger partial charge is 0.454 e. The average molecular weight is 417 g/mol. The predicted octanol–water partition coefficient (Wildman–Crippen LogP) is 4.00. The van der Waals surface area contributed by atoms with Gasteiger partial charge in [-0.3, -0.25) is 4.79 Å². The molecule has 3 heterocycles. The lowest BCUT2D eigenvalue weighted by Crippen LogP contribution is -2.24. The second-order valence-corrected chi connectivity index (χ2v) is 6.98. The van der Waals surface area contributed by atoms with Crippen LogP contribution in [0.25, 0.3) is 11.5 Å². The zero-order valence-corrected chi connectivity index (χ0v) is 15.3. The van der Waals surface area contributed by atoms with Gasteiger partial charge in [-0.1, -0.05) is 5.16 Å². The van der Waals surface area contributed by atoms with Gasteiger partial charge in [0.25, 0.3) is 5.89 Å². The van der Waals surface area contributed by atoms with Crippen LogP contribution < -0.4 is 14.4 Å². The number of benzene rings is 2. The van der Waals surface area contributed by atoms with Crippen molar-refractivity contribution in [3.63, 3.8) is 0 Å². The first-order valence-electron chi connectivity index (χ1n) is 9.10. The number of amides is 1. The van der Waals surface area contributed by atoms with Crippen molar-refractivity contribution in [1.29, 1.82) is 0 Å². The van der Waals surface area contributed by atoms with E-state index in [1.165, 1.54) is 17.0 Å². The van der Waals surface area contributed by atoms with E-state index >= 15 is 0 Å². The summed E-state index contributed by atoms with van der Waals surface area (Å²) in [7, 11) is 0. The highest BCUT2D eigenvalue weighted by Gasteiger charge is 2.36. The lowest BCUT2D eigenvalue weighted by atomic mass is 10.1. The summed E-state index contributed by atoms with van der Waals surface area (Å²) in [6.45, 7) is 0.405. The maximum Gasteiger partial charge on any atom is 0.416 e. The van der Waals surface area contributed by atoms with Crippen molar-refractivity contribution in [3.05, 3.63) is 53.9 Å². The number of carbonyl (C=O) groups excluding carboxylic acids is 1. The number of nitrogens with zero attached hydrogens (tertiary/aromatic N) is 3. The summed E-state index contributed by atoms with van der Waals surface area (Å²) in [5, 5.41) is 3.99. The van der Waals surface area contributed by atoms with E-state index in [4.69, 9.17) is 14.0 Å². The van der Waals surface area contributed by atoms with Gasteiger partial charge in [0, 0.05) is 30.1 Å². The molecule has 2 aliphatic heterocycles. The Balaban J connectivity index is 1.34. The molecular weight excluding hydrogens is 403 g/mol. The highest BCUT2D eigenvalue weighted by atomic mass is 19.4. The van der Waals surface area contributed by atoms with Crippen LogP contribution >= 0.6 is 0 Å². The first-order valence-corrected chi connectivity index (χ1v) is 9.10. The van der Waals surface area contributed by atoms with Crippen molar-refractivity contribution in [2.45, 2.75) is 18.5 Å². The molecule has 2 aliphatic rings. The second kappa shape index (κ2) is 6.75. The molecule has 10 heteroatoms. The predicted molar refractivity (Wildman–Crippen MR) is 97.0 cm³/mol. The molecule has 1 saturated heterocycles. The third kappa shape index (κ3) is 3.23. The average Bonchev–Trinajstić information content (AvgIpc) is 3.46. The number of halogens is 3. The van der Waals surface area contributed by atoms with E-state index in [1.54, 1.807) is 18.2 Å². The Morgan fingerprint density at radius 2 is 1.80 bits per heavy atom. The Kier molecular flexibility index (Phi) is 4.16. The molecule has 0 bridgehead atoms. The summed E-state index contributed by atoms with van der Waals surface area (Å²) < 4.78 is 54.2. The number of anilines is 1.